The second-order valence-electron chi connectivity index (χ2n) is 5.17. The normalized spacial score (nSPS) is 19.0. The lowest BCUT2D eigenvalue weighted by atomic mass is 10.1. The highest BCUT2D eigenvalue weighted by Gasteiger charge is 2.22. The molecule has 0 spiro atoms. The molecule has 3 heterocycles. The predicted octanol–water partition coefficient (Wildman–Crippen LogP) is 3.02. The molecule has 3 rings (SSSR count). The number of thiophene rings is 1. The van der Waals surface area contributed by atoms with Gasteiger partial charge in [0.05, 0.1) is 21.3 Å². The summed E-state index contributed by atoms with van der Waals surface area (Å²) in [7, 11) is 0. The van der Waals surface area contributed by atoms with Gasteiger partial charge in [-0.3, -0.25) is 4.79 Å². The van der Waals surface area contributed by atoms with Crippen molar-refractivity contribution in [3.8, 4) is 9.88 Å². The molecular weight excluding hydrogens is 326 g/mol. The zero-order valence-electron chi connectivity index (χ0n) is 11.4. The molecule has 0 saturated carbocycles. The molecular formula is C14H16ClN3OS2. The Morgan fingerprint density at radius 3 is 3.10 bits per heavy atom. The smallest absolute Gasteiger partial charge is 0.228 e. The molecule has 2 aromatic rings. The van der Waals surface area contributed by atoms with Crippen LogP contribution in [-0.4, -0.2) is 34.9 Å². The minimum absolute atomic E-state index is 0.113. The number of rotatable bonds is 3. The van der Waals surface area contributed by atoms with E-state index in [1.165, 1.54) is 11.3 Å². The van der Waals surface area contributed by atoms with Crippen molar-refractivity contribution in [3.63, 3.8) is 0 Å². The van der Waals surface area contributed by atoms with Gasteiger partial charge in [-0.15, -0.1) is 22.7 Å². The summed E-state index contributed by atoms with van der Waals surface area (Å²) >= 11 is 8.99. The van der Waals surface area contributed by atoms with Crippen LogP contribution < -0.4 is 5.73 Å². The number of carbonyl (C=O) groups is 1. The Labute approximate surface area is 136 Å². The highest BCUT2D eigenvalue weighted by molar-refractivity contribution is 7.23. The Morgan fingerprint density at radius 2 is 2.38 bits per heavy atom. The largest absolute Gasteiger partial charge is 0.341 e. The molecule has 2 aromatic heterocycles. The summed E-state index contributed by atoms with van der Waals surface area (Å²) in [5, 5.41) is 2.87. The zero-order valence-corrected chi connectivity index (χ0v) is 13.8. The summed E-state index contributed by atoms with van der Waals surface area (Å²) in [6, 6.07) is 3.94. The van der Waals surface area contributed by atoms with Crippen molar-refractivity contribution in [1.82, 2.24) is 9.88 Å². The maximum Gasteiger partial charge on any atom is 0.228 e. The number of aromatic nitrogens is 1. The van der Waals surface area contributed by atoms with E-state index in [0.29, 0.717) is 13.0 Å². The second kappa shape index (κ2) is 6.44. The van der Waals surface area contributed by atoms with E-state index in [9.17, 15) is 4.79 Å². The van der Waals surface area contributed by atoms with Gasteiger partial charge in [0.15, 0.2) is 0 Å². The zero-order chi connectivity index (χ0) is 14.8. The van der Waals surface area contributed by atoms with Gasteiger partial charge in [-0.05, 0) is 25.0 Å². The number of amides is 1. The van der Waals surface area contributed by atoms with Crippen LogP contribution >= 0.6 is 34.3 Å². The first-order valence-corrected chi connectivity index (χ1v) is 8.92. The fourth-order valence-electron chi connectivity index (χ4n) is 2.43. The first-order valence-electron chi connectivity index (χ1n) is 6.85. The van der Waals surface area contributed by atoms with E-state index in [0.717, 1.165) is 39.3 Å². The van der Waals surface area contributed by atoms with Crippen LogP contribution in [0.4, 0.5) is 0 Å². The number of hydrogen-bond donors (Lipinski definition) is 1. The van der Waals surface area contributed by atoms with Gasteiger partial charge in [0.1, 0.15) is 5.01 Å². The number of nitrogens with zero attached hydrogens (tertiary/aromatic N) is 2. The molecule has 0 radical (unpaired) electrons. The maximum absolute atomic E-state index is 12.3. The van der Waals surface area contributed by atoms with Gasteiger partial charge in [-0.25, -0.2) is 4.98 Å². The van der Waals surface area contributed by atoms with Crippen LogP contribution in [0.25, 0.3) is 9.88 Å². The summed E-state index contributed by atoms with van der Waals surface area (Å²) in [6.07, 6.45) is 2.34. The van der Waals surface area contributed by atoms with Crippen LogP contribution in [0.2, 0.25) is 4.34 Å². The molecule has 112 valence electrons. The number of nitrogens with two attached hydrogens (primary N) is 1. The van der Waals surface area contributed by atoms with E-state index in [1.54, 1.807) is 11.3 Å². The van der Waals surface area contributed by atoms with Crippen molar-refractivity contribution in [3.05, 3.63) is 27.5 Å². The maximum atomic E-state index is 12.3. The fourth-order valence-corrected chi connectivity index (χ4v) is 4.37. The van der Waals surface area contributed by atoms with Crippen molar-refractivity contribution in [2.24, 2.45) is 5.73 Å². The highest BCUT2D eigenvalue weighted by Crippen LogP contribution is 2.33. The van der Waals surface area contributed by atoms with Gasteiger partial charge in [-0.1, -0.05) is 11.6 Å². The lowest BCUT2D eigenvalue weighted by molar-refractivity contribution is -0.131. The molecule has 1 saturated heterocycles. The van der Waals surface area contributed by atoms with Crippen molar-refractivity contribution >= 4 is 40.2 Å². The Hall–Kier alpha value is -0.950. The standard InChI is InChI=1S/C14H16ClN3OS2/c15-12-4-3-11(21-12)14-17-10(8-20-14)6-13(19)18-5-1-2-9(16)7-18/h3-4,8-9H,1-2,5-7,16H2. The molecule has 0 aromatic carbocycles. The summed E-state index contributed by atoms with van der Waals surface area (Å²) in [6.45, 7) is 1.47. The van der Waals surface area contributed by atoms with Gasteiger partial charge in [-0.2, -0.15) is 0 Å². The average Bonchev–Trinajstić information content (AvgIpc) is 3.07. The van der Waals surface area contributed by atoms with Crippen LogP contribution in [0.1, 0.15) is 18.5 Å². The summed E-state index contributed by atoms with van der Waals surface area (Å²) in [5.41, 5.74) is 6.74. The summed E-state index contributed by atoms with van der Waals surface area (Å²) < 4.78 is 0.750. The molecule has 2 N–H and O–H groups in total. The first-order chi connectivity index (χ1) is 10.1. The summed E-state index contributed by atoms with van der Waals surface area (Å²) in [4.78, 5) is 19.7. The van der Waals surface area contributed by atoms with Gasteiger partial charge in [0.25, 0.3) is 0 Å². The van der Waals surface area contributed by atoms with Gasteiger partial charge >= 0.3 is 0 Å². The van der Waals surface area contributed by atoms with E-state index in [2.05, 4.69) is 4.98 Å². The van der Waals surface area contributed by atoms with Crippen molar-refractivity contribution in [2.75, 3.05) is 13.1 Å². The quantitative estimate of drug-likeness (QED) is 0.933. The van der Waals surface area contributed by atoms with Crippen molar-refractivity contribution in [1.29, 1.82) is 0 Å². The van der Waals surface area contributed by atoms with Crippen LogP contribution in [-0.2, 0) is 11.2 Å². The molecule has 7 heteroatoms. The van der Waals surface area contributed by atoms with Gasteiger partial charge < -0.3 is 10.6 Å². The molecule has 0 bridgehead atoms. The SMILES string of the molecule is NC1CCCN(C(=O)Cc2csc(-c3ccc(Cl)s3)n2)C1. The predicted molar refractivity (Wildman–Crippen MR) is 87.9 cm³/mol. The highest BCUT2D eigenvalue weighted by atomic mass is 35.5. The molecule has 1 unspecified atom stereocenters. The third kappa shape index (κ3) is 3.63. The van der Waals surface area contributed by atoms with Crippen molar-refractivity contribution in [2.45, 2.75) is 25.3 Å². The minimum atomic E-state index is 0.113. The Bertz CT molecular complexity index is 640. The molecule has 21 heavy (non-hydrogen) atoms. The lowest BCUT2D eigenvalue weighted by Gasteiger charge is -2.30. The topological polar surface area (TPSA) is 59.2 Å². The average molecular weight is 342 g/mol. The number of piperidine rings is 1. The summed E-state index contributed by atoms with van der Waals surface area (Å²) in [5.74, 6) is 0.117. The Morgan fingerprint density at radius 1 is 1.52 bits per heavy atom. The number of likely N-dealkylation sites (tertiary alicyclic amines) is 1. The molecule has 1 aliphatic rings. The molecule has 0 aliphatic carbocycles. The van der Waals surface area contributed by atoms with E-state index >= 15 is 0 Å². The monoisotopic (exact) mass is 341 g/mol. The molecule has 1 fully saturated rings. The van der Waals surface area contributed by atoms with Crippen LogP contribution in [0.15, 0.2) is 17.5 Å². The number of thiazole rings is 1. The molecule has 1 aliphatic heterocycles. The third-order valence-electron chi connectivity index (χ3n) is 3.48. The minimum Gasteiger partial charge on any atom is -0.341 e. The fraction of sp³-hybridized carbons (Fsp3) is 0.429. The number of carbonyl (C=O) groups excluding carboxylic acids is 1. The van der Waals surface area contributed by atoms with Gasteiger partial charge in [0.2, 0.25) is 5.91 Å². The Balaban J connectivity index is 1.65. The Kier molecular flexibility index (Phi) is 4.59. The van der Waals surface area contributed by atoms with Crippen LogP contribution in [0.5, 0.6) is 0 Å². The van der Waals surface area contributed by atoms with Crippen LogP contribution in [0.3, 0.4) is 0 Å². The lowest BCUT2D eigenvalue weighted by Crippen LogP contribution is -2.46. The molecule has 4 nitrogen and oxygen atoms in total. The molecule has 1 atom stereocenters. The van der Waals surface area contributed by atoms with E-state index < -0.39 is 0 Å². The molecule has 1 amide bonds. The third-order valence-corrected chi connectivity index (χ3v) is 5.77. The van der Waals surface area contributed by atoms with Gasteiger partial charge in [0, 0.05) is 24.5 Å². The number of hydrogen-bond acceptors (Lipinski definition) is 5. The van der Waals surface area contributed by atoms with Crippen LogP contribution in [0, 0.1) is 0 Å². The second-order valence-corrected chi connectivity index (χ2v) is 7.74. The van der Waals surface area contributed by atoms with Crippen molar-refractivity contribution < 1.29 is 4.79 Å². The first kappa shape index (κ1) is 15.0. The van der Waals surface area contributed by atoms with E-state index in [1.807, 2.05) is 22.4 Å². The van der Waals surface area contributed by atoms with E-state index in [4.69, 9.17) is 17.3 Å². The number of halogens is 1. The van der Waals surface area contributed by atoms with E-state index in [-0.39, 0.29) is 11.9 Å².